The van der Waals surface area contributed by atoms with Crippen LogP contribution in [0.15, 0.2) is 42.0 Å². The molecule has 0 atom stereocenters. The van der Waals surface area contributed by atoms with E-state index >= 15 is 0 Å². The SMILES string of the molecule is CC(=Cc1ccc(-c2cccc(Cl)c2)s1)CNC1CC1. The average Bonchev–Trinajstić information content (AvgIpc) is 3.15. The van der Waals surface area contributed by atoms with Gasteiger partial charge in [0.15, 0.2) is 0 Å². The molecule has 3 rings (SSSR count). The van der Waals surface area contributed by atoms with E-state index < -0.39 is 0 Å². The third kappa shape index (κ3) is 3.72. The molecule has 3 heteroatoms. The van der Waals surface area contributed by atoms with Gasteiger partial charge in [-0.3, -0.25) is 0 Å². The van der Waals surface area contributed by atoms with Crippen LogP contribution >= 0.6 is 22.9 Å². The lowest BCUT2D eigenvalue weighted by Gasteiger charge is -2.02. The summed E-state index contributed by atoms with van der Waals surface area (Å²) in [6.07, 6.45) is 4.95. The Balaban J connectivity index is 1.70. The molecular weight excluding hydrogens is 286 g/mol. The van der Waals surface area contributed by atoms with Crippen molar-refractivity contribution in [2.24, 2.45) is 0 Å². The Labute approximate surface area is 129 Å². The maximum Gasteiger partial charge on any atom is 0.0412 e. The fourth-order valence-electron chi connectivity index (χ4n) is 2.11. The fourth-order valence-corrected chi connectivity index (χ4v) is 3.34. The molecule has 1 aromatic carbocycles. The molecule has 0 amide bonds. The molecule has 1 N–H and O–H groups in total. The van der Waals surface area contributed by atoms with Gasteiger partial charge in [0.1, 0.15) is 0 Å². The molecule has 1 aliphatic rings. The molecule has 0 saturated heterocycles. The first-order valence-corrected chi connectivity index (χ1v) is 8.16. The number of hydrogen-bond acceptors (Lipinski definition) is 2. The number of thiophene rings is 1. The zero-order valence-electron chi connectivity index (χ0n) is 11.5. The van der Waals surface area contributed by atoms with E-state index in [0.717, 1.165) is 17.6 Å². The Morgan fingerprint density at radius 1 is 1.35 bits per heavy atom. The Hall–Kier alpha value is -1.09. The van der Waals surface area contributed by atoms with Gasteiger partial charge in [-0.25, -0.2) is 0 Å². The Kier molecular flexibility index (Phi) is 4.25. The maximum atomic E-state index is 6.05. The van der Waals surface area contributed by atoms with Gasteiger partial charge in [0.2, 0.25) is 0 Å². The second-order valence-corrected chi connectivity index (χ2v) is 6.91. The summed E-state index contributed by atoms with van der Waals surface area (Å²) in [6.45, 7) is 3.18. The summed E-state index contributed by atoms with van der Waals surface area (Å²) in [6, 6.07) is 13.1. The third-order valence-corrected chi connectivity index (χ3v) is 4.69. The second kappa shape index (κ2) is 6.13. The molecule has 0 unspecified atom stereocenters. The molecule has 1 fully saturated rings. The quantitative estimate of drug-likeness (QED) is 0.798. The molecule has 0 radical (unpaired) electrons. The van der Waals surface area contributed by atoms with Crippen molar-refractivity contribution in [1.29, 1.82) is 0 Å². The molecule has 1 aliphatic carbocycles. The van der Waals surface area contributed by atoms with Crippen molar-refractivity contribution in [2.45, 2.75) is 25.8 Å². The summed E-state index contributed by atoms with van der Waals surface area (Å²) in [5, 5.41) is 4.33. The van der Waals surface area contributed by atoms with E-state index in [0.29, 0.717) is 0 Å². The third-order valence-electron chi connectivity index (χ3n) is 3.37. The monoisotopic (exact) mass is 303 g/mol. The maximum absolute atomic E-state index is 6.05. The molecule has 104 valence electrons. The molecule has 1 saturated carbocycles. The van der Waals surface area contributed by atoms with E-state index in [4.69, 9.17) is 11.6 Å². The molecule has 2 aromatic rings. The van der Waals surface area contributed by atoms with Crippen molar-refractivity contribution >= 4 is 29.0 Å². The van der Waals surface area contributed by atoms with Gasteiger partial charge >= 0.3 is 0 Å². The molecule has 1 heterocycles. The van der Waals surface area contributed by atoms with Crippen LogP contribution in [0.3, 0.4) is 0 Å². The van der Waals surface area contributed by atoms with Gasteiger partial charge in [0.05, 0.1) is 0 Å². The number of rotatable bonds is 5. The van der Waals surface area contributed by atoms with Gasteiger partial charge in [-0.15, -0.1) is 11.3 Å². The predicted octanol–water partition coefficient (Wildman–Crippen LogP) is 5.22. The minimum absolute atomic E-state index is 0.767. The molecular formula is C17H18ClNS. The van der Waals surface area contributed by atoms with Gasteiger partial charge in [0, 0.05) is 27.4 Å². The van der Waals surface area contributed by atoms with Gasteiger partial charge in [-0.05, 0) is 55.7 Å². The van der Waals surface area contributed by atoms with Crippen molar-refractivity contribution in [3.8, 4) is 10.4 Å². The molecule has 1 nitrogen and oxygen atoms in total. The van der Waals surface area contributed by atoms with E-state index in [1.54, 1.807) is 0 Å². The number of hydrogen-bond donors (Lipinski definition) is 1. The highest BCUT2D eigenvalue weighted by Gasteiger charge is 2.19. The van der Waals surface area contributed by atoms with E-state index in [1.165, 1.54) is 33.7 Å². The summed E-state index contributed by atoms with van der Waals surface area (Å²) in [7, 11) is 0. The van der Waals surface area contributed by atoms with Crippen molar-refractivity contribution in [3.63, 3.8) is 0 Å². The van der Waals surface area contributed by atoms with E-state index in [2.05, 4.69) is 36.5 Å². The molecule has 1 aromatic heterocycles. The lowest BCUT2D eigenvalue weighted by atomic mass is 10.2. The zero-order valence-corrected chi connectivity index (χ0v) is 13.1. The van der Waals surface area contributed by atoms with Crippen LogP contribution in [0.25, 0.3) is 16.5 Å². The van der Waals surface area contributed by atoms with Crippen LogP contribution in [0.1, 0.15) is 24.6 Å². The lowest BCUT2D eigenvalue weighted by Crippen LogP contribution is -2.18. The van der Waals surface area contributed by atoms with Crippen LogP contribution in [0.4, 0.5) is 0 Å². The summed E-state index contributed by atoms with van der Waals surface area (Å²) < 4.78 is 0. The highest BCUT2D eigenvalue weighted by Crippen LogP contribution is 2.30. The minimum atomic E-state index is 0.767. The van der Waals surface area contributed by atoms with E-state index in [-0.39, 0.29) is 0 Å². The Morgan fingerprint density at radius 2 is 2.20 bits per heavy atom. The standard InChI is InChI=1S/C17H18ClNS/c1-12(11-19-15-5-6-15)9-16-7-8-17(20-16)13-3-2-4-14(18)10-13/h2-4,7-10,15,19H,5-6,11H2,1H3. The van der Waals surface area contributed by atoms with E-state index in [9.17, 15) is 0 Å². The highest BCUT2D eigenvalue weighted by molar-refractivity contribution is 7.16. The van der Waals surface area contributed by atoms with E-state index in [1.807, 2.05) is 29.5 Å². The Morgan fingerprint density at radius 3 is 2.95 bits per heavy atom. The number of benzene rings is 1. The van der Waals surface area contributed by atoms with Crippen LogP contribution in [-0.4, -0.2) is 12.6 Å². The summed E-state index contributed by atoms with van der Waals surface area (Å²) >= 11 is 7.86. The summed E-state index contributed by atoms with van der Waals surface area (Å²) in [5.74, 6) is 0. The molecule has 0 bridgehead atoms. The molecule has 0 aliphatic heterocycles. The van der Waals surface area contributed by atoms with Crippen molar-refractivity contribution in [1.82, 2.24) is 5.32 Å². The fraction of sp³-hybridized carbons (Fsp3) is 0.294. The molecule has 0 spiro atoms. The van der Waals surface area contributed by atoms with Gasteiger partial charge in [0.25, 0.3) is 0 Å². The van der Waals surface area contributed by atoms with Gasteiger partial charge in [-0.2, -0.15) is 0 Å². The second-order valence-electron chi connectivity index (χ2n) is 5.36. The van der Waals surface area contributed by atoms with Crippen molar-refractivity contribution < 1.29 is 0 Å². The lowest BCUT2D eigenvalue weighted by molar-refractivity contribution is 0.736. The van der Waals surface area contributed by atoms with Gasteiger partial charge < -0.3 is 5.32 Å². The van der Waals surface area contributed by atoms with Gasteiger partial charge in [-0.1, -0.05) is 29.3 Å². The van der Waals surface area contributed by atoms with Crippen molar-refractivity contribution in [3.05, 3.63) is 51.9 Å². The summed E-state index contributed by atoms with van der Waals surface area (Å²) in [4.78, 5) is 2.57. The first-order chi connectivity index (χ1) is 9.70. The van der Waals surface area contributed by atoms with Crippen LogP contribution in [-0.2, 0) is 0 Å². The first kappa shape index (κ1) is 13.9. The van der Waals surface area contributed by atoms with Crippen molar-refractivity contribution in [2.75, 3.05) is 6.54 Å². The smallest absolute Gasteiger partial charge is 0.0412 e. The number of nitrogens with one attached hydrogen (secondary N) is 1. The predicted molar refractivity (Wildman–Crippen MR) is 89.4 cm³/mol. The summed E-state index contributed by atoms with van der Waals surface area (Å²) in [5.41, 5.74) is 2.58. The largest absolute Gasteiger partial charge is 0.310 e. The van der Waals surface area contributed by atoms with Crippen LogP contribution in [0.2, 0.25) is 5.02 Å². The molecule has 20 heavy (non-hydrogen) atoms. The van der Waals surface area contributed by atoms with Crippen LogP contribution in [0, 0.1) is 0 Å². The Bertz CT molecular complexity index is 625. The topological polar surface area (TPSA) is 12.0 Å². The normalized spacial score (nSPS) is 15.6. The van der Waals surface area contributed by atoms with Crippen LogP contribution in [0.5, 0.6) is 0 Å². The average molecular weight is 304 g/mol. The first-order valence-electron chi connectivity index (χ1n) is 6.97. The van der Waals surface area contributed by atoms with Crippen LogP contribution < -0.4 is 5.32 Å². The zero-order chi connectivity index (χ0) is 13.9. The number of halogens is 1. The highest BCUT2D eigenvalue weighted by atomic mass is 35.5. The minimum Gasteiger partial charge on any atom is -0.310 e.